The molecule has 98 valence electrons. The summed E-state index contributed by atoms with van der Waals surface area (Å²) in [6, 6.07) is 0.574. The number of carbonyl (C=O) groups is 2. The zero-order valence-corrected chi connectivity index (χ0v) is 10.6. The summed E-state index contributed by atoms with van der Waals surface area (Å²) in [5.41, 5.74) is -1.10. The Morgan fingerprint density at radius 1 is 1.29 bits per heavy atom. The molecule has 0 spiro atoms. The van der Waals surface area contributed by atoms with E-state index in [4.69, 9.17) is 5.11 Å². The van der Waals surface area contributed by atoms with Crippen molar-refractivity contribution in [3.05, 3.63) is 0 Å². The normalized spacial score (nSPS) is 15.6. The molecule has 17 heavy (non-hydrogen) atoms. The second-order valence-corrected chi connectivity index (χ2v) is 4.62. The molecule has 1 amide bonds. The molecular formula is C12H22N2O3. The smallest absolute Gasteiger partial charge is 0.329 e. The predicted molar refractivity (Wildman–Crippen MR) is 64.7 cm³/mol. The van der Waals surface area contributed by atoms with E-state index in [1.54, 1.807) is 13.8 Å². The third kappa shape index (κ3) is 4.00. The van der Waals surface area contributed by atoms with Gasteiger partial charge in [-0.3, -0.25) is 4.79 Å². The van der Waals surface area contributed by atoms with E-state index in [2.05, 4.69) is 10.6 Å². The van der Waals surface area contributed by atoms with Gasteiger partial charge in [0.05, 0.1) is 0 Å². The van der Waals surface area contributed by atoms with Crippen LogP contribution >= 0.6 is 0 Å². The molecule has 3 N–H and O–H groups in total. The van der Waals surface area contributed by atoms with Gasteiger partial charge in [-0.25, -0.2) is 4.79 Å². The molecule has 1 rings (SSSR count). The molecule has 0 aliphatic heterocycles. The number of amides is 1. The molecular weight excluding hydrogens is 220 g/mol. The highest BCUT2D eigenvalue weighted by Crippen LogP contribution is 2.18. The lowest BCUT2D eigenvalue weighted by atomic mass is 9.93. The second kappa shape index (κ2) is 6.00. The van der Waals surface area contributed by atoms with Gasteiger partial charge in [0, 0.05) is 19.0 Å². The van der Waals surface area contributed by atoms with E-state index in [0.29, 0.717) is 31.8 Å². The van der Waals surface area contributed by atoms with Gasteiger partial charge in [-0.15, -0.1) is 0 Å². The highest BCUT2D eigenvalue weighted by atomic mass is 16.4. The second-order valence-electron chi connectivity index (χ2n) is 4.62. The van der Waals surface area contributed by atoms with Crippen molar-refractivity contribution in [3.8, 4) is 0 Å². The first kappa shape index (κ1) is 14.0. The van der Waals surface area contributed by atoms with Crippen LogP contribution in [0.4, 0.5) is 0 Å². The molecule has 0 aromatic carbocycles. The molecule has 0 unspecified atom stereocenters. The SMILES string of the molecule is CCC(CC)(NC(=O)CCNC1CC1)C(=O)O. The Morgan fingerprint density at radius 3 is 2.29 bits per heavy atom. The molecule has 0 saturated heterocycles. The Hall–Kier alpha value is -1.10. The fourth-order valence-corrected chi connectivity index (χ4v) is 1.79. The zero-order valence-electron chi connectivity index (χ0n) is 10.6. The van der Waals surface area contributed by atoms with Gasteiger partial charge in [0.25, 0.3) is 0 Å². The number of nitrogens with one attached hydrogen (secondary N) is 2. The summed E-state index contributed by atoms with van der Waals surface area (Å²) < 4.78 is 0. The van der Waals surface area contributed by atoms with Crippen LogP contribution in [0.1, 0.15) is 46.0 Å². The zero-order chi connectivity index (χ0) is 12.9. The average Bonchev–Trinajstić information content (AvgIpc) is 3.09. The lowest BCUT2D eigenvalue weighted by molar-refractivity contribution is -0.148. The largest absolute Gasteiger partial charge is 0.480 e. The highest BCUT2D eigenvalue weighted by Gasteiger charge is 2.36. The van der Waals surface area contributed by atoms with Gasteiger partial charge in [-0.1, -0.05) is 13.8 Å². The van der Waals surface area contributed by atoms with Gasteiger partial charge in [0.15, 0.2) is 0 Å². The summed E-state index contributed by atoms with van der Waals surface area (Å²) in [6.07, 6.45) is 3.52. The number of rotatable bonds is 8. The van der Waals surface area contributed by atoms with Crippen LogP contribution in [0.25, 0.3) is 0 Å². The van der Waals surface area contributed by atoms with Gasteiger partial charge < -0.3 is 15.7 Å². The minimum atomic E-state index is -1.10. The maximum absolute atomic E-state index is 11.7. The molecule has 1 aliphatic rings. The summed E-state index contributed by atoms with van der Waals surface area (Å²) in [5, 5.41) is 15.0. The number of hydrogen-bond acceptors (Lipinski definition) is 3. The highest BCUT2D eigenvalue weighted by molar-refractivity contribution is 5.86. The third-order valence-corrected chi connectivity index (χ3v) is 3.36. The standard InChI is InChI=1S/C12H22N2O3/c1-3-12(4-2,11(16)17)14-10(15)7-8-13-9-5-6-9/h9,13H,3-8H2,1-2H3,(H,14,15)(H,16,17). The van der Waals surface area contributed by atoms with Crippen LogP contribution < -0.4 is 10.6 Å². The van der Waals surface area contributed by atoms with Crippen molar-refractivity contribution in [1.82, 2.24) is 10.6 Å². The van der Waals surface area contributed by atoms with E-state index >= 15 is 0 Å². The summed E-state index contributed by atoms with van der Waals surface area (Å²) in [7, 11) is 0. The maximum atomic E-state index is 11.7. The van der Waals surface area contributed by atoms with Crippen LogP contribution in [-0.4, -0.2) is 35.1 Å². The average molecular weight is 242 g/mol. The Bertz CT molecular complexity index is 283. The van der Waals surface area contributed by atoms with E-state index in [0.717, 1.165) is 0 Å². The summed E-state index contributed by atoms with van der Waals surface area (Å²) in [6.45, 7) is 4.18. The predicted octanol–water partition coefficient (Wildman–Crippen LogP) is 0.888. The fourth-order valence-electron chi connectivity index (χ4n) is 1.79. The first-order valence-electron chi connectivity index (χ1n) is 6.32. The van der Waals surface area contributed by atoms with E-state index < -0.39 is 11.5 Å². The van der Waals surface area contributed by atoms with E-state index in [1.165, 1.54) is 12.8 Å². The first-order chi connectivity index (χ1) is 8.04. The number of carboxylic acid groups (broad SMARTS) is 1. The summed E-state index contributed by atoms with van der Waals surface area (Å²) >= 11 is 0. The van der Waals surface area contributed by atoms with Crippen LogP contribution in [0, 0.1) is 0 Å². The summed E-state index contributed by atoms with van der Waals surface area (Å²) in [5.74, 6) is -1.14. The van der Waals surface area contributed by atoms with Crippen molar-refractivity contribution < 1.29 is 14.7 Å². The maximum Gasteiger partial charge on any atom is 0.329 e. The van der Waals surface area contributed by atoms with Gasteiger partial charge in [-0.05, 0) is 25.7 Å². The Morgan fingerprint density at radius 2 is 1.88 bits per heavy atom. The quantitative estimate of drug-likeness (QED) is 0.590. The van der Waals surface area contributed by atoms with Crippen molar-refractivity contribution in [1.29, 1.82) is 0 Å². The molecule has 0 heterocycles. The van der Waals surface area contributed by atoms with E-state index in [9.17, 15) is 9.59 Å². The Kier molecular flexibility index (Phi) is 4.93. The molecule has 0 aromatic heterocycles. The molecule has 0 aromatic rings. The van der Waals surface area contributed by atoms with Crippen LogP contribution in [0.5, 0.6) is 0 Å². The van der Waals surface area contributed by atoms with E-state index in [1.807, 2.05) is 0 Å². The van der Waals surface area contributed by atoms with Crippen molar-refractivity contribution in [2.75, 3.05) is 6.54 Å². The molecule has 5 heteroatoms. The van der Waals surface area contributed by atoms with Crippen molar-refractivity contribution in [2.45, 2.75) is 57.5 Å². The molecule has 1 fully saturated rings. The third-order valence-electron chi connectivity index (χ3n) is 3.36. The van der Waals surface area contributed by atoms with Crippen LogP contribution in [0.3, 0.4) is 0 Å². The molecule has 0 radical (unpaired) electrons. The van der Waals surface area contributed by atoms with Crippen molar-refractivity contribution in [2.24, 2.45) is 0 Å². The molecule has 0 atom stereocenters. The molecule has 5 nitrogen and oxygen atoms in total. The van der Waals surface area contributed by atoms with Gasteiger partial charge in [-0.2, -0.15) is 0 Å². The van der Waals surface area contributed by atoms with Crippen LogP contribution in [0.15, 0.2) is 0 Å². The number of aliphatic carboxylic acids is 1. The Balaban J connectivity index is 2.36. The lowest BCUT2D eigenvalue weighted by Gasteiger charge is -2.28. The van der Waals surface area contributed by atoms with Crippen molar-refractivity contribution in [3.63, 3.8) is 0 Å². The first-order valence-corrected chi connectivity index (χ1v) is 6.32. The lowest BCUT2D eigenvalue weighted by Crippen LogP contribution is -2.54. The molecule has 1 aliphatic carbocycles. The Labute approximate surface area is 102 Å². The van der Waals surface area contributed by atoms with Crippen LogP contribution in [0.2, 0.25) is 0 Å². The van der Waals surface area contributed by atoms with E-state index in [-0.39, 0.29) is 5.91 Å². The number of carbonyl (C=O) groups excluding carboxylic acids is 1. The molecule has 1 saturated carbocycles. The van der Waals surface area contributed by atoms with Gasteiger partial charge in [0.2, 0.25) is 5.91 Å². The molecule has 0 bridgehead atoms. The van der Waals surface area contributed by atoms with Gasteiger partial charge in [0.1, 0.15) is 5.54 Å². The summed E-state index contributed by atoms with van der Waals surface area (Å²) in [4.78, 5) is 22.8. The van der Waals surface area contributed by atoms with Crippen LogP contribution in [-0.2, 0) is 9.59 Å². The minimum absolute atomic E-state index is 0.191. The van der Waals surface area contributed by atoms with Gasteiger partial charge >= 0.3 is 5.97 Å². The number of hydrogen-bond donors (Lipinski definition) is 3. The van der Waals surface area contributed by atoms with Crippen molar-refractivity contribution >= 4 is 11.9 Å². The monoisotopic (exact) mass is 242 g/mol. The minimum Gasteiger partial charge on any atom is -0.480 e. The fraction of sp³-hybridized carbons (Fsp3) is 0.833. The number of carboxylic acids is 1. The topological polar surface area (TPSA) is 78.4 Å².